The van der Waals surface area contributed by atoms with Gasteiger partial charge in [-0.15, -0.1) is 11.3 Å². The Morgan fingerprint density at radius 2 is 2.20 bits per heavy atom. The molecule has 1 rings (SSSR count). The van der Waals surface area contributed by atoms with E-state index in [0.29, 0.717) is 3.79 Å². The van der Waals surface area contributed by atoms with Crippen LogP contribution in [0, 0.1) is 5.82 Å². The molecule has 0 aliphatic carbocycles. The molecule has 0 unspecified atom stereocenters. The Balaban J connectivity index is 2.83. The molecule has 1 aromatic rings. The van der Waals surface area contributed by atoms with Crippen molar-refractivity contribution in [2.45, 2.75) is 0 Å². The van der Waals surface area contributed by atoms with Crippen LogP contribution < -0.4 is 11.1 Å². The summed E-state index contributed by atoms with van der Waals surface area (Å²) in [4.78, 5) is 11.6. The molecule has 82 valence electrons. The Morgan fingerprint density at radius 1 is 1.60 bits per heavy atom. The fraction of sp³-hybridized carbons (Fsp3) is 0.143. The molecule has 0 saturated carbocycles. The maximum absolute atomic E-state index is 13.4. The van der Waals surface area contributed by atoms with Crippen LogP contribution >= 0.6 is 55.4 Å². The first-order chi connectivity index (χ1) is 6.93. The third-order valence-electron chi connectivity index (χ3n) is 1.39. The third-order valence-corrected chi connectivity index (χ3v) is 4.90. The van der Waals surface area contributed by atoms with Gasteiger partial charge < -0.3 is 11.1 Å². The average molecular weight is 376 g/mol. The molecule has 0 aliphatic heterocycles. The van der Waals surface area contributed by atoms with Gasteiger partial charge in [-0.25, -0.2) is 4.39 Å². The summed E-state index contributed by atoms with van der Waals surface area (Å²) in [5.41, 5.74) is 5.20. The zero-order chi connectivity index (χ0) is 11.6. The summed E-state index contributed by atoms with van der Waals surface area (Å²) in [6.45, 7) is 0.0563. The minimum Gasteiger partial charge on any atom is -0.392 e. The Bertz CT molecular complexity index is 421. The van der Waals surface area contributed by atoms with Crippen molar-refractivity contribution in [2.75, 3.05) is 6.54 Å². The Morgan fingerprint density at radius 3 is 2.60 bits per heavy atom. The van der Waals surface area contributed by atoms with Gasteiger partial charge in [0, 0.05) is 0 Å². The standard InChI is InChI=1S/C7H5Br2FN2OS2/c8-3-4(10)5(15-6(3)9)7(13)12-1-2(11)14/h1H2,(H2,11,14)(H,12,13). The smallest absolute Gasteiger partial charge is 0.264 e. The van der Waals surface area contributed by atoms with Gasteiger partial charge in [0.05, 0.1) is 19.8 Å². The molecule has 1 heterocycles. The van der Waals surface area contributed by atoms with E-state index >= 15 is 0 Å². The molecule has 0 radical (unpaired) electrons. The summed E-state index contributed by atoms with van der Waals surface area (Å²) in [5.74, 6) is -1.12. The summed E-state index contributed by atoms with van der Waals surface area (Å²) in [6, 6.07) is 0. The van der Waals surface area contributed by atoms with Crippen molar-refractivity contribution in [1.29, 1.82) is 0 Å². The van der Waals surface area contributed by atoms with Crippen molar-refractivity contribution in [2.24, 2.45) is 5.73 Å². The highest BCUT2D eigenvalue weighted by Gasteiger charge is 2.20. The number of nitrogens with one attached hydrogen (secondary N) is 1. The molecular weight excluding hydrogens is 371 g/mol. The first kappa shape index (κ1) is 13.0. The lowest BCUT2D eigenvalue weighted by Crippen LogP contribution is -2.32. The van der Waals surface area contributed by atoms with E-state index in [1.54, 1.807) is 0 Å². The van der Waals surface area contributed by atoms with Crippen molar-refractivity contribution in [3.63, 3.8) is 0 Å². The molecule has 1 aromatic heterocycles. The van der Waals surface area contributed by atoms with E-state index < -0.39 is 11.7 Å². The largest absolute Gasteiger partial charge is 0.392 e. The summed E-state index contributed by atoms with van der Waals surface area (Å²) < 4.78 is 14.2. The second kappa shape index (κ2) is 5.33. The molecule has 0 saturated heterocycles. The SMILES string of the molecule is NC(=S)CNC(=O)c1sc(Br)c(Br)c1F. The number of carbonyl (C=O) groups excluding carboxylic acids is 1. The number of halogens is 3. The zero-order valence-electron chi connectivity index (χ0n) is 7.14. The van der Waals surface area contributed by atoms with E-state index in [0.717, 1.165) is 11.3 Å². The Hall–Kier alpha value is -0.0500. The van der Waals surface area contributed by atoms with Gasteiger partial charge in [-0.2, -0.15) is 0 Å². The Labute approximate surface area is 111 Å². The van der Waals surface area contributed by atoms with E-state index in [2.05, 4.69) is 49.4 Å². The van der Waals surface area contributed by atoms with Crippen LogP contribution in [0.15, 0.2) is 8.26 Å². The average Bonchev–Trinajstić information content (AvgIpc) is 2.42. The van der Waals surface area contributed by atoms with Gasteiger partial charge in [0.2, 0.25) is 0 Å². The molecule has 15 heavy (non-hydrogen) atoms. The van der Waals surface area contributed by atoms with Crippen molar-refractivity contribution >= 4 is 66.3 Å². The minimum absolute atomic E-state index is 0.00926. The van der Waals surface area contributed by atoms with Crippen molar-refractivity contribution in [3.8, 4) is 0 Å². The first-order valence-corrected chi connectivity index (χ1v) is 6.44. The van der Waals surface area contributed by atoms with Crippen LogP contribution in [0.5, 0.6) is 0 Å². The minimum atomic E-state index is -0.590. The summed E-state index contributed by atoms with van der Waals surface area (Å²) in [6.07, 6.45) is 0. The molecule has 0 aliphatic rings. The van der Waals surface area contributed by atoms with Gasteiger partial charge in [-0.3, -0.25) is 4.79 Å². The van der Waals surface area contributed by atoms with E-state index in [9.17, 15) is 9.18 Å². The monoisotopic (exact) mass is 374 g/mol. The van der Waals surface area contributed by atoms with E-state index in [-0.39, 0.29) is 20.9 Å². The van der Waals surface area contributed by atoms with Crippen LogP contribution in [-0.2, 0) is 0 Å². The lowest BCUT2D eigenvalue weighted by atomic mass is 10.4. The molecule has 0 fully saturated rings. The predicted molar refractivity (Wildman–Crippen MR) is 68.8 cm³/mol. The highest BCUT2D eigenvalue weighted by atomic mass is 79.9. The van der Waals surface area contributed by atoms with Crippen molar-refractivity contribution < 1.29 is 9.18 Å². The summed E-state index contributed by atoms with van der Waals surface area (Å²) >= 11 is 11.7. The number of amides is 1. The molecule has 8 heteroatoms. The highest BCUT2D eigenvalue weighted by Crippen LogP contribution is 2.35. The van der Waals surface area contributed by atoms with Crippen molar-refractivity contribution in [1.82, 2.24) is 5.32 Å². The van der Waals surface area contributed by atoms with Gasteiger partial charge in [0.25, 0.3) is 5.91 Å². The second-order valence-corrected chi connectivity index (χ2v) is 6.14. The maximum Gasteiger partial charge on any atom is 0.264 e. The van der Waals surface area contributed by atoms with Gasteiger partial charge in [-0.05, 0) is 31.9 Å². The molecule has 0 aromatic carbocycles. The molecule has 0 spiro atoms. The normalized spacial score (nSPS) is 10.1. The number of thiocarbonyl (C=S) groups is 1. The summed E-state index contributed by atoms with van der Waals surface area (Å²) in [5, 5.41) is 2.40. The summed E-state index contributed by atoms with van der Waals surface area (Å²) in [7, 11) is 0. The lowest BCUT2D eigenvalue weighted by molar-refractivity contribution is 0.0960. The molecular formula is C7H5Br2FN2OS2. The number of nitrogens with two attached hydrogens (primary N) is 1. The van der Waals surface area contributed by atoms with E-state index in [1.165, 1.54) is 0 Å². The topological polar surface area (TPSA) is 55.1 Å². The number of thiophene rings is 1. The fourth-order valence-electron chi connectivity index (χ4n) is 0.759. The van der Waals surface area contributed by atoms with E-state index in [1.807, 2.05) is 0 Å². The van der Waals surface area contributed by atoms with Gasteiger partial charge in [0.1, 0.15) is 4.88 Å². The number of rotatable bonds is 3. The molecule has 1 amide bonds. The lowest BCUT2D eigenvalue weighted by Gasteiger charge is -2.00. The van der Waals surface area contributed by atoms with Crippen LogP contribution in [0.3, 0.4) is 0 Å². The van der Waals surface area contributed by atoms with Crippen LogP contribution in [-0.4, -0.2) is 17.4 Å². The Kier molecular flexibility index (Phi) is 4.63. The molecule has 0 atom stereocenters. The van der Waals surface area contributed by atoms with Gasteiger partial charge in [-0.1, -0.05) is 12.2 Å². The van der Waals surface area contributed by atoms with E-state index in [4.69, 9.17) is 5.73 Å². The fourth-order valence-corrected chi connectivity index (χ4v) is 2.78. The number of hydrogen-bond donors (Lipinski definition) is 2. The van der Waals surface area contributed by atoms with Crippen LogP contribution in [0.25, 0.3) is 0 Å². The maximum atomic E-state index is 13.4. The third kappa shape index (κ3) is 3.20. The number of carbonyl (C=O) groups is 1. The van der Waals surface area contributed by atoms with Crippen LogP contribution in [0.1, 0.15) is 9.67 Å². The van der Waals surface area contributed by atoms with Crippen LogP contribution in [0.2, 0.25) is 0 Å². The first-order valence-electron chi connectivity index (χ1n) is 3.63. The van der Waals surface area contributed by atoms with Gasteiger partial charge >= 0.3 is 0 Å². The second-order valence-electron chi connectivity index (χ2n) is 2.48. The zero-order valence-corrected chi connectivity index (χ0v) is 11.9. The van der Waals surface area contributed by atoms with Gasteiger partial charge in [0.15, 0.2) is 5.82 Å². The molecule has 3 N–H and O–H groups in total. The molecule has 3 nitrogen and oxygen atoms in total. The molecule has 0 bridgehead atoms. The van der Waals surface area contributed by atoms with Crippen molar-refractivity contribution in [3.05, 3.63) is 19.0 Å². The number of hydrogen-bond acceptors (Lipinski definition) is 3. The quantitative estimate of drug-likeness (QED) is 0.797. The predicted octanol–water partition coefficient (Wildman–Crippen LogP) is 2.43. The van der Waals surface area contributed by atoms with Crippen LogP contribution in [0.4, 0.5) is 4.39 Å². The highest BCUT2D eigenvalue weighted by molar-refractivity contribution is 9.13.